The molecule has 1 N–H and O–H groups in total. The fourth-order valence-corrected chi connectivity index (χ4v) is 2.36. The standard InChI is InChI=1S/C10H10Cl2N4OS/c1-16(2)10-9(14-18(17)15-10)13-6-3-4-7(11)8(12)5-6/h3-5H,1-2H3,(H,13,14). The van der Waals surface area contributed by atoms with E-state index in [9.17, 15) is 4.21 Å². The van der Waals surface area contributed by atoms with Gasteiger partial charge >= 0.3 is 0 Å². The molecular formula is C10H10Cl2N4OS. The van der Waals surface area contributed by atoms with Crippen LogP contribution in [0.1, 0.15) is 0 Å². The molecule has 1 aromatic carbocycles. The van der Waals surface area contributed by atoms with Crippen LogP contribution >= 0.6 is 23.2 Å². The Morgan fingerprint density at radius 1 is 1.22 bits per heavy atom. The predicted molar refractivity (Wildman–Crippen MR) is 76.8 cm³/mol. The van der Waals surface area contributed by atoms with E-state index in [-0.39, 0.29) is 0 Å². The van der Waals surface area contributed by atoms with E-state index in [4.69, 9.17) is 23.2 Å². The maximum absolute atomic E-state index is 11.3. The molecule has 0 bridgehead atoms. The van der Waals surface area contributed by atoms with E-state index in [1.807, 2.05) is 0 Å². The minimum absolute atomic E-state index is 0.435. The number of halogens is 2. The molecule has 0 saturated carbocycles. The highest BCUT2D eigenvalue weighted by Crippen LogP contribution is 2.25. The number of hydrogen-bond donors (Lipinski definition) is 1. The second-order valence-corrected chi connectivity index (χ2v) is 5.37. The summed E-state index contributed by atoms with van der Waals surface area (Å²) in [5.74, 6) is 0.969. The number of nitrogens with one attached hydrogen (secondary N) is 1. The maximum Gasteiger partial charge on any atom is 0.269 e. The van der Waals surface area contributed by atoms with Gasteiger partial charge in [-0.3, -0.25) is 0 Å². The number of nitrogens with zero attached hydrogens (tertiary/aromatic N) is 3. The smallest absolute Gasteiger partial charge is 0.269 e. The van der Waals surface area contributed by atoms with Crippen molar-refractivity contribution in [3.8, 4) is 0 Å². The third-order valence-corrected chi connectivity index (χ3v) is 3.56. The summed E-state index contributed by atoms with van der Waals surface area (Å²) in [6.45, 7) is 0. The Morgan fingerprint density at radius 3 is 2.56 bits per heavy atom. The summed E-state index contributed by atoms with van der Waals surface area (Å²) in [6.07, 6.45) is 0. The van der Waals surface area contributed by atoms with Crippen molar-refractivity contribution in [2.45, 2.75) is 0 Å². The van der Waals surface area contributed by atoms with Crippen molar-refractivity contribution >= 4 is 51.7 Å². The molecule has 0 amide bonds. The third kappa shape index (κ3) is 2.82. The molecule has 2 rings (SSSR count). The van der Waals surface area contributed by atoms with Crippen LogP contribution < -0.4 is 5.32 Å². The van der Waals surface area contributed by atoms with Crippen molar-refractivity contribution in [3.05, 3.63) is 28.2 Å². The molecule has 18 heavy (non-hydrogen) atoms. The fraction of sp³-hybridized carbons (Fsp3) is 0.200. The average molecular weight is 305 g/mol. The summed E-state index contributed by atoms with van der Waals surface area (Å²) in [7, 11) is 3.60. The van der Waals surface area contributed by atoms with Crippen LogP contribution in [0.3, 0.4) is 0 Å². The first-order valence-corrected chi connectivity index (χ1v) is 6.78. The van der Waals surface area contributed by atoms with Gasteiger partial charge in [0.25, 0.3) is 11.2 Å². The van der Waals surface area contributed by atoms with Crippen LogP contribution in [0.4, 0.5) is 5.69 Å². The minimum Gasteiger partial charge on any atom is -0.359 e. The summed E-state index contributed by atoms with van der Waals surface area (Å²) in [4.78, 5) is 1.73. The normalized spacial score (nSPS) is 18.3. The van der Waals surface area contributed by atoms with Gasteiger partial charge in [-0.2, -0.15) is 0 Å². The molecule has 1 heterocycles. The molecule has 0 saturated heterocycles. The number of anilines is 1. The molecule has 96 valence electrons. The van der Waals surface area contributed by atoms with E-state index < -0.39 is 11.2 Å². The van der Waals surface area contributed by atoms with Crippen LogP contribution in [0.5, 0.6) is 0 Å². The van der Waals surface area contributed by atoms with Crippen LogP contribution in [0.25, 0.3) is 0 Å². The van der Waals surface area contributed by atoms with Crippen LogP contribution in [0.15, 0.2) is 27.0 Å². The Hall–Kier alpha value is -1.11. The molecule has 1 unspecified atom stereocenters. The van der Waals surface area contributed by atoms with Crippen molar-refractivity contribution in [1.29, 1.82) is 0 Å². The topological polar surface area (TPSA) is 57.1 Å². The first kappa shape index (κ1) is 13.3. The van der Waals surface area contributed by atoms with Crippen LogP contribution in [0, 0.1) is 0 Å². The molecule has 5 nitrogen and oxygen atoms in total. The molecule has 1 atom stereocenters. The van der Waals surface area contributed by atoms with Gasteiger partial charge in [0.05, 0.1) is 10.0 Å². The zero-order chi connectivity index (χ0) is 13.3. The SMILES string of the molecule is CN(C)C1=NS(=O)N=C1Nc1ccc(Cl)c(Cl)c1. The number of rotatable bonds is 1. The van der Waals surface area contributed by atoms with Gasteiger partial charge in [0.1, 0.15) is 0 Å². The summed E-state index contributed by atoms with van der Waals surface area (Å²) < 4.78 is 19.1. The second-order valence-electron chi connectivity index (χ2n) is 3.73. The highest BCUT2D eigenvalue weighted by Gasteiger charge is 2.20. The molecule has 0 spiro atoms. The largest absolute Gasteiger partial charge is 0.359 e. The van der Waals surface area contributed by atoms with Crippen molar-refractivity contribution in [2.75, 3.05) is 19.4 Å². The van der Waals surface area contributed by atoms with Gasteiger partial charge in [0, 0.05) is 19.8 Å². The van der Waals surface area contributed by atoms with Crippen LogP contribution in [-0.2, 0) is 11.2 Å². The van der Waals surface area contributed by atoms with E-state index in [1.165, 1.54) is 0 Å². The lowest BCUT2D eigenvalue weighted by molar-refractivity contribution is 0.632. The highest BCUT2D eigenvalue weighted by molar-refractivity contribution is 7.83. The zero-order valence-electron chi connectivity index (χ0n) is 9.65. The summed E-state index contributed by atoms with van der Waals surface area (Å²) in [5, 5.41) is 3.92. The molecular weight excluding hydrogens is 295 g/mol. The Kier molecular flexibility index (Phi) is 3.89. The zero-order valence-corrected chi connectivity index (χ0v) is 12.0. The number of benzene rings is 1. The molecule has 0 radical (unpaired) electrons. The molecule has 1 aliphatic heterocycles. The van der Waals surface area contributed by atoms with Crippen molar-refractivity contribution < 1.29 is 4.21 Å². The molecule has 1 aliphatic rings. The Balaban J connectivity index is 2.24. The monoisotopic (exact) mass is 304 g/mol. The van der Waals surface area contributed by atoms with Crippen LogP contribution in [-0.4, -0.2) is 34.9 Å². The number of amidine groups is 2. The van der Waals surface area contributed by atoms with Crippen molar-refractivity contribution in [1.82, 2.24) is 4.90 Å². The Labute approximate surface area is 117 Å². The van der Waals surface area contributed by atoms with Gasteiger partial charge in [0.2, 0.25) is 0 Å². The van der Waals surface area contributed by atoms with E-state index in [2.05, 4.69) is 14.1 Å². The molecule has 0 aliphatic carbocycles. The lowest BCUT2D eigenvalue weighted by Crippen LogP contribution is -2.32. The quantitative estimate of drug-likeness (QED) is 0.866. The highest BCUT2D eigenvalue weighted by atomic mass is 35.5. The van der Waals surface area contributed by atoms with Gasteiger partial charge in [-0.05, 0) is 18.2 Å². The van der Waals surface area contributed by atoms with E-state index in [0.717, 1.165) is 0 Å². The second kappa shape index (κ2) is 5.26. The van der Waals surface area contributed by atoms with Gasteiger partial charge in [0.15, 0.2) is 11.7 Å². The van der Waals surface area contributed by atoms with Gasteiger partial charge in [-0.1, -0.05) is 23.2 Å². The molecule has 0 aromatic heterocycles. The van der Waals surface area contributed by atoms with E-state index in [0.29, 0.717) is 27.4 Å². The average Bonchev–Trinajstić information content (AvgIpc) is 2.65. The maximum atomic E-state index is 11.3. The molecule has 0 fully saturated rings. The lowest BCUT2D eigenvalue weighted by Gasteiger charge is -2.14. The third-order valence-electron chi connectivity index (χ3n) is 2.15. The molecule has 8 heteroatoms. The fourth-order valence-electron chi connectivity index (χ4n) is 1.34. The van der Waals surface area contributed by atoms with E-state index >= 15 is 0 Å². The van der Waals surface area contributed by atoms with E-state index in [1.54, 1.807) is 37.2 Å². The summed E-state index contributed by atoms with van der Waals surface area (Å²) in [5.41, 5.74) is 0.705. The number of likely N-dealkylation sites (N-methyl/N-ethyl adjacent to an activating group) is 1. The Bertz CT molecular complexity index is 571. The summed E-state index contributed by atoms with van der Waals surface area (Å²) in [6, 6.07) is 5.09. The van der Waals surface area contributed by atoms with Gasteiger partial charge in [-0.25, -0.2) is 4.21 Å². The van der Waals surface area contributed by atoms with Crippen molar-refractivity contribution in [3.63, 3.8) is 0 Å². The first-order valence-electron chi connectivity index (χ1n) is 4.96. The minimum atomic E-state index is -1.57. The lowest BCUT2D eigenvalue weighted by atomic mass is 10.3. The summed E-state index contributed by atoms with van der Waals surface area (Å²) >= 11 is 10.2. The Morgan fingerprint density at radius 2 is 1.94 bits per heavy atom. The first-order chi connectivity index (χ1) is 8.47. The van der Waals surface area contributed by atoms with Gasteiger partial charge in [-0.15, -0.1) is 8.80 Å². The van der Waals surface area contributed by atoms with Crippen molar-refractivity contribution in [2.24, 2.45) is 8.80 Å². The van der Waals surface area contributed by atoms with Crippen LogP contribution in [0.2, 0.25) is 10.0 Å². The van der Waals surface area contributed by atoms with Gasteiger partial charge < -0.3 is 10.2 Å². The predicted octanol–water partition coefficient (Wildman–Crippen LogP) is 2.36. The molecule has 1 aromatic rings. The number of hydrogen-bond acceptors (Lipinski definition) is 3.